The Morgan fingerprint density at radius 3 is 2.60 bits per heavy atom. The molecule has 0 aliphatic rings. The Kier molecular flexibility index (Phi) is 3.62. The van der Waals surface area contributed by atoms with Gasteiger partial charge in [0.1, 0.15) is 11.6 Å². The first kappa shape index (κ1) is 11.5. The van der Waals surface area contributed by atoms with E-state index >= 15 is 0 Å². The van der Waals surface area contributed by atoms with E-state index in [1.54, 1.807) is 0 Å². The van der Waals surface area contributed by atoms with Gasteiger partial charge in [-0.1, -0.05) is 6.07 Å². The fraction of sp³-hybridized carbons (Fsp3) is 0.300. The van der Waals surface area contributed by atoms with E-state index in [1.807, 2.05) is 0 Å². The van der Waals surface area contributed by atoms with Gasteiger partial charge in [-0.25, -0.2) is 9.18 Å². The Bertz CT molecular complexity index is 364. The molecule has 0 aromatic heterocycles. The highest BCUT2D eigenvalue weighted by Crippen LogP contribution is 2.29. The Balaban J connectivity index is 3.26. The SMILES string of the molecule is COc1cccc(F)c1C(OC)C(=O)O. The minimum absolute atomic E-state index is 0.102. The summed E-state index contributed by atoms with van der Waals surface area (Å²) in [5.41, 5.74) is -0.102. The van der Waals surface area contributed by atoms with E-state index < -0.39 is 17.9 Å². The molecule has 0 saturated heterocycles. The second-order valence-electron chi connectivity index (χ2n) is 2.81. The highest BCUT2D eigenvalue weighted by molar-refractivity contribution is 5.75. The Morgan fingerprint density at radius 2 is 2.13 bits per heavy atom. The maximum absolute atomic E-state index is 13.4. The van der Waals surface area contributed by atoms with Gasteiger partial charge >= 0.3 is 5.97 Å². The largest absolute Gasteiger partial charge is 0.496 e. The van der Waals surface area contributed by atoms with Gasteiger partial charge in [-0.15, -0.1) is 0 Å². The molecular weight excluding hydrogens is 203 g/mol. The van der Waals surface area contributed by atoms with Crippen molar-refractivity contribution in [2.75, 3.05) is 14.2 Å². The second-order valence-corrected chi connectivity index (χ2v) is 2.81. The number of ether oxygens (including phenoxy) is 2. The predicted molar refractivity (Wildman–Crippen MR) is 50.3 cm³/mol. The summed E-state index contributed by atoms with van der Waals surface area (Å²) in [5.74, 6) is -1.77. The molecule has 4 nitrogen and oxygen atoms in total. The molecule has 1 atom stereocenters. The molecule has 0 aliphatic carbocycles. The molecule has 0 radical (unpaired) electrons. The van der Waals surface area contributed by atoms with E-state index in [4.69, 9.17) is 14.6 Å². The summed E-state index contributed by atoms with van der Waals surface area (Å²) in [5, 5.41) is 8.82. The lowest BCUT2D eigenvalue weighted by Crippen LogP contribution is -2.16. The quantitative estimate of drug-likeness (QED) is 0.827. The smallest absolute Gasteiger partial charge is 0.337 e. The molecule has 82 valence electrons. The summed E-state index contributed by atoms with van der Waals surface area (Å²) in [6.07, 6.45) is -1.36. The zero-order chi connectivity index (χ0) is 11.4. The van der Waals surface area contributed by atoms with E-state index in [1.165, 1.54) is 26.4 Å². The van der Waals surface area contributed by atoms with E-state index in [-0.39, 0.29) is 11.3 Å². The second kappa shape index (κ2) is 4.75. The van der Waals surface area contributed by atoms with Crippen LogP contribution < -0.4 is 4.74 Å². The number of aliphatic carboxylic acids is 1. The first-order valence-electron chi connectivity index (χ1n) is 4.19. The van der Waals surface area contributed by atoms with Gasteiger partial charge in [0.25, 0.3) is 0 Å². The lowest BCUT2D eigenvalue weighted by molar-refractivity contribution is -0.149. The monoisotopic (exact) mass is 214 g/mol. The molecule has 0 fully saturated rings. The Labute approximate surface area is 86.2 Å². The molecule has 0 bridgehead atoms. The number of carboxylic acid groups (broad SMARTS) is 1. The maximum Gasteiger partial charge on any atom is 0.337 e. The third-order valence-corrected chi connectivity index (χ3v) is 1.96. The number of carboxylic acids is 1. The van der Waals surface area contributed by atoms with Crippen LogP contribution in [0.2, 0.25) is 0 Å². The third-order valence-electron chi connectivity index (χ3n) is 1.96. The lowest BCUT2D eigenvalue weighted by atomic mass is 10.1. The number of carbonyl (C=O) groups is 1. The van der Waals surface area contributed by atoms with E-state index in [2.05, 4.69) is 0 Å². The number of hydrogen-bond donors (Lipinski definition) is 1. The predicted octanol–water partition coefficient (Wildman–Crippen LogP) is 1.61. The van der Waals surface area contributed by atoms with Crippen molar-refractivity contribution in [3.05, 3.63) is 29.6 Å². The van der Waals surface area contributed by atoms with Crippen molar-refractivity contribution in [1.82, 2.24) is 0 Å². The van der Waals surface area contributed by atoms with Crippen LogP contribution in [0, 0.1) is 5.82 Å². The van der Waals surface area contributed by atoms with Crippen LogP contribution in [0.25, 0.3) is 0 Å². The van der Waals surface area contributed by atoms with Crippen LogP contribution in [-0.2, 0) is 9.53 Å². The van der Waals surface area contributed by atoms with Gasteiger partial charge in [0.15, 0.2) is 6.10 Å². The van der Waals surface area contributed by atoms with Crippen molar-refractivity contribution < 1.29 is 23.8 Å². The molecule has 5 heteroatoms. The summed E-state index contributed by atoms with van der Waals surface area (Å²) in [4.78, 5) is 10.8. The van der Waals surface area contributed by atoms with Gasteiger partial charge < -0.3 is 14.6 Å². The number of methoxy groups -OCH3 is 2. The zero-order valence-electron chi connectivity index (χ0n) is 8.36. The Hall–Kier alpha value is -1.62. The molecule has 15 heavy (non-hydrogen) atoms. The van der Waals surface area contributed by atoms with Crippen molar-refractivity contribution in [2.45, 2.75) is 6.10 Å². The minimum Gasteiger partial charge on any atom is -0.496 e. The van der Waals surface area contributed by atoms with E-state index in [0.717, 1.165) is 6.07 Å². The summed E-state index contributed by atoms with van der Waals surface area (Å²) < 4.78 is 23.0. The molecule has 0 saturated carbocycles. The molecule has 1 N–H and O–H groups in total. The van der Waals surface area contributed by atoms with Crippen molar-refractivity contribution in [3.63, 3.8) is 0 Å². The zero-order valence-corrected chi connectivity index (χ0v) is 8.36. The highest BCUT2D eigenvalue weighted by Gasteiger charge is 2.26. The van der Waals surface area contributed by atoms with Crippen LogP contribution in [0.1, 0.15) is 11.7 Å². The number of benzene rings is 1. The molecule has 0 amide bonds. The molecule has 0 heterocycles. The van der Waals surface area contributed by atoms with Crippen LogP contribution in [0.3, 0.4) is 0 Å². The molecule has 1 aromatic rings. The van der Waals surface area contributed by atoms with Crippen LogP contribution in [0.15, 0.2) is 18.2 Å². The van der Waals surface area contributed by atoms with Crippen LogP contribution >= 0.6 is 0 Å². The summed E-state index contributed by atoms with van der Waals surface area (Å²) in [7, 11) is 2.54. The fourth-order valence-corrected chi connectivity index (χ4v) is 1.29. The van der Waals surface area contributed by atoms with Crippen molar-refractivity contribution in [2.24, 2.45) is 0 Å². The third kappa shape index (κ3) is 2.24. The maximum atomic E-state index is 13.4. The van der Waals surface area contributed by atoms with E-state index in [9.17, 15) is 9.18 Å². The average Bonchev–Trinajstić information content (AvgIpc) is 2.21. The van der Waals surface area contributed by atoms with Crippen molar-refractivity contribution >= 4 is 5.97 Å². The fourth-order valence-electron chi connectivity index (χ4n) is 1.29. The normalized spacial score (nSPS) is 12.2. The minimum atomic E-state index is -1.36. The lowest BCUT2D eigenvalue weighted by Gasteiger charge is -2.15. The van der Waals surface area contributed by atoms with Gasteiger partial charge in [0.2, 0.25) is 0 Å². The molecule has 1 rings (SSSR count). The number of hydrogen-bond acceptors (Lipinski definition) is 3. The average molecular weight is 214 g/mol. The standard InChI is InChI=1S/C10H11FO4/c1-14-7-5-3-4-6(11)8(7)9(15-2)10(12)13/h3-5,9H,1-2H3,(H,12,13). The molecular formula is C10H11FO4. The van der Waals surface area contributed by atoms with Gasteiger partial charge in [-0.05, 0) is 12.1 Å². The van der Waals surface area contributed by atoms with Gasteiger partial charge in [0.05, 0.1) is 12.7 Å². The first-order chi connectivity index (χ1) is 7.11. The van der Waals surface area contributed by atoms with Crippen LogP contribution in [-0.4, -0.2) is 25.3 Å². The van der Waals surface area contributed by atoms with Crippen molar-refractivity contribution in [1.29, 1.82) is 0 Å². The topological polar surface area (TPSA) is 55.8 Å². The molecule has 0 aliphatic heterocycles. The number of halogens is 1. The highest BCUT2D eigenvalue weighted by atomic mass is 19.1. The van der Waals surface area contributed by atoms with Crippen LogP contribution in [0.5, 0.6) is 5.75 Å². The number of rotatable bonds is 4. The van der Waals surface area contributed by atoms with Gasteiger partial charge in [0, 0.05) is 7.11 Å². The van der Waals surface area contributed by atoms with Crippen molar-refractivity contribution in [3.8, 4) is 5.75 Å². The summed E-state index contributed by atoms with van der Waals surface area (Å²) in [6.45, 7) is 0. The summed E-state index contributed by atoms with van der Waals surface area (Å²) in [6, 6.07) is 4.08. The van der Waals surface area contributed by atoms with Crippen LogP contribution in [0.4, 0.5) is 4.39 Å². The molecule has 0 spiro atoms. The van der Waals surface area contributed by atoms with E-state index in [0.29, 0.717) is 0 Å². The molecule has 1 unspecified atom stereocenters. The Morgan fingerprint density at radius 1 is 1.47 bits per heavy atom. The first-order valence-corrected chi connectivity index (χ1v) is 4.19. The van der Waals surface area contributed by atoms with Gasteiger partial charge in [-0.2, -0.15) is 0 Å². The molecule has 1 aromatic carbocycles. The van der Waals surface area contributed by atoms with Gasteiger partial charge in [-0.3, -0.25) is 0 Å². The summed E-state index contributed by atoms with van der Waals surface area (Å²) >= 11 is 0.